The summed E-state index contributed by atoms with van der Waals surface area (Å²) in [6.07, 6.45) is 6.54. The Hall–Kier alpha value is -0.0800. The van der Waals surface area contributed by atoms with Gasteiger partial charge in [-0.05, 0) is 25.7 Å². The molecular formula is C10H21NO. The average Bonchev–Trinajstić information content (AvgIpc) is 1.92. The highest BCUT2D eigenvalue weighted by atomic mass is 16.5. The Morgan fingerprint density at radius 2 is 2.17 bits per heavy atom. The fourth-order valence-electron chi connectivity index (χ4n) is 1.40. The fraction of sp³-hybridized carbons (Fsp3) is 1.00. The smallest absolute Gasteiger partial charge is 0.0480 e. The van der Waals surface area contributed by atoms with Gasteiger partial charge in [0, 0.05) is 19.3 Å². The van der Waals surface area contributed by atoms with Crippen LogP contribution in [0.15, 0.2) is 0 Å². The lowest BCUT2D eigenvalue weighted by molar-refractivity contribution is 0.102. The summed E-state index contributed by atoms with van der Waals surface area (Å²) in [7, 11) is 0. The quantitative estimate of drug-likeness (QED) is 0.620. The SMILES string of the molecule is CC(N)CCOCCC1CCC1. The van der Waals surface area contributed by atoms with Crippen molar-refractivity contribution in [3.8, 4) is 0 Å². The topological polar surface area (TPSA) is 35.2 Å². The van der Waals surface area contributed by atoms with Crippen molar-refractivity contribution in [1.82, 2.24) is 0 Å². The molecule has 0 amide bonds. The molecule has 0 aliphatic heterocycles. The molecule has 2 heteroatoms. The van der Waals surface area contributed by atoms with Crippen molar-refractivity contribution in [3.05, 3.63) is 0 Å². The van der Waals surface area contributed by atoms with E-state index < -0.39 is 0 Å². The molecule has 1 aliphatic rings. The molecule has 2 N–H and O–H groups in total. The van der Waals surface area contributed by atoms with Crippen molar-refractivity contribution in [2.24, 2.45) is 11.7 Å². The summed E-state index contributed by atoms with van der Waals surface area (Å²) in [5.41, 5.74) is 5.59. The monoisotopic (exact) mass is 171 g/mol. The molecule has 0 radical (unpaired) electrons. The molecule has 0 bridgehead atoms. The van der Waals surface area contributed by atoms with Gasteiger partial charge >= 0.3 is 0 Å². The summed E-state index contributed by atoms with van der Waals surface area (Å²) in [5, 5.41) is 0. The van der Waals surface area contributed by atoms with Crippen LogP contribution < -0.4 is 5.73 Å². The van der Waals surface area contributed by atoms with Crippen molar-refractivity contribution in [2.45, 2.75) is 45.1 Å². The molecule has 0 aromatic heterocycles. The molecular weight excluding hydrogens is 150 g/mol. The summed E-state index contributed by atoms with van der Waals surface area (Å²) in [5.74, 6) is 0.972. The molecule has 1 atom stereocenters. The van der Waals surface area contributed by atoms with Crippen LogP contribution in [0.5, 0.6) is 0 Å². The highest BCUT2D eigenvalue weighted by Crippen LogP contribution is 2.28. The van der Waals surface area contributed by atoms with Crippen molar-refractivity contribution in [2.75, 3.05) is 13.2 Å². The van der Waals surface area contributed by atoms with Crippen molar-refractivity contribution in [1.29, 1.82) is 0 Å². The van der Waals surface area contributed by atoms with E-state index in [0.29, 0.717) is 0 Å². The zero-order valence-electron chi connectivity index (χ0n) is 8.09. The fourth-order valence-corrected chi connectivity index (χ4v) is 1.40. The van der Waals surface area contributed by atoms with Gasteiger partial charge in [-0.3, -0.25) is 0 Å². The van der Waals surface area contributed by atoms with Crippen LogP contribution in [-0.4, -0.2) is 19.3 Å². The second-order valence-electron chi connectivity index (χ2n) is 3.96. The molecule has 0 heterocycles. The van der Waals surface area contributed by atoms with Crippen LogP contribution >= 0.6 is 0 Å². The number of hydrogen-bond donors (Lipinski definition) is 1. The molecule has 1 unspecified atom stereocenters. The van der Waals surface area contributed by atoms with Gasteiger partial charge in [0.1, 0.15) is 0 Å². The molecule has 1 aliphatic carbocycles. The largest absolute Gasteiger partial charge is 0.381 e. The first-order chi connectivity index (χ1) is 5.79. The van der Waals surface area contributed by atoms with Gasteiger partial charge in [-0.2, -0.15) is 0 Å². The van der Waals surface area contributed by atoms with Gasteiger partial charge in [-0.25, -0.2) is 0 Å². The van der Waals surface area contributed by atoms with Crippen molar-refractivity contribution >= 4 is 0 Å². The minimum absolute atomic E-state index is 0.286. The van der Waals surface area contributed by atoms with Gasteiger partial charge < -0.3 is 10.5 Å². The van der Waals surface area contributed by atoms with Gasteiger partial charge in [-0.1, -0.05) is 19.3 Å². The van der Waals surface area contributed by atoms with E-state index >= 15 is 0 Å². The van der Waals surface area contributed by atoms with Crippen LogP contribution in [0.2, 0.25) is 0 Å². The van der Waals surface area contributed by atoms with Gasteiger partial charge in [-0.15, -0.1) is 0 Å². The van der Waals surface area contributed by atoms with Gasteiger partial charge in [0.05, 0.1) is 0 Å². The van der Waals surface area contributed by atoms with Crippen molar-refractivity contribution in [3.63, 3.8) is 0 Å². The zero-order chi connectivity index (χ0) is 8.81. The summed E-state index contributed by atoms with van der Waals surface area (Å²) < 4.78 is 5.47. The molecule has 2 nitrogen and oxygen atoms in total. The Kier molecular flexibility index (Phi) is 4.62. The van der Waals surface area contributed by atoms with E-state index in [0.717, 1.165) is 25.6 Å². The number of nitrogens with two attached hydrogens (primary N) is 1. The third-order valence-electron chi connectivity index (χ3n) is 2.61. The third kappa shape index (κ3) is 4.07. The minimum atomic E-state index is 0.286. The summed E-state index contributed by atoms with van der Waals surface area (Å²) >= 11 is 0. The van der Waals surface area contributed by atoms with Crippen LogP contribution in [-0.2, 0) is 4.74 Å². The van der Waals surface area contributed by atoms with Gasteiger partial charge in [0.2, 0.25) is 0 Å². The maximum atomic E-state index is 5.59. The maximum absolute atomic E-state index is 5.59. The first-order valence-corrected chi connectivity index (χ1v) is 5.12. The Labute approximate surface area is 75.5 Å². The first-order valence-electron chi connectivity index (χ1n) is 5.12. The molecule has 0 spiro atoms. The second kappa shape index (κ2) is 5.55. The predicted octanol–water partition coefficient (Wildman–Crippen LogP) is 1.93. The second-order valence-corrected chi connectivity index (χ2v) is 3.96. The van der Waals surface area contributed by atoms with Crippen LogP contribution in [0.1, 0.15) is 39.0 Å². The maximum Gasteiger partial charge on any atom is 0.0480 e. The normalized spacial score (nSPS) is 20.5. The molecule has 1 rings (SSSR count). The van der Waals surface area contributed by atoms with Crippen LogP contribution in [0.25, 0.3) is 0 Å². The number of rotatable bonds is 6. The van der Waals surface area contributed by atoms with E-state index in [4.69, 9.17) is 10.5 Å². The predicted molar refractivity (Wildman–Crippen MR) is 51.0 cm³/mol. The zero-order valence-corrected chi connectivity index (χ0v) is 8.09. The van der Waals surface area contributed by atoms with Crippen LogP contribution in [0, 0.1) is 5.92 Å². The molecule has 12 heavy (non-hydrogen) atoms. The first kappa shape index (κ1) is 10.0. The molecule has 0 aromatic rings. The van der Waals surface area contributed by atoms with Crippen molar-refractivity contribution < 1.29 is 4.74 Å². The van der Waals surface area contributed by atoms with Gasteiger partial charge in [0.25, 0.3) is 0 Å². The average molecular weight is 171 g/mol. The minimum Gasteiger partial charge on any atom is -0.381 e. The lowest BCUT2D eigenvalue weighted by Gasteiger charge is -2.24. The summed E-state index contributed by atoms with van der Waals surface area (Å²) in [4.78, 5) is 0. The van der Waals surface area contributed by atoms with E-state index in [1.165, 1.54) is 25.7 Å². The molecule has 0 aromatic carbocycles. The Morgan fingerprint density at radius 1 is 1.42 bits per heavy atom. The van der Waals surface area contributed by atoms with Crippen LogP contribution in [0.3, 0.4) is 0 Å². The summed E-state index contributed by atoms with van der Waals surface area (Å²) in [6.45, 7) is 3.80. The summed E-state index contributed by atoms with van der Waals surface area (Å²) in [6, 6.07) is 0.286. The van der Waals surface area contributed by atoms with E-state index in [1.54, 1.807) is 0 Å². The highest BCUT2D eigenvalue weighted by molar-refractivity contribution is 4.68. The molecule has 1 fully saturated rings. The molecule has 1 saturated carbocycles. The lowest BCUT2D eigenvalue weighted by atomic mass is 9.83. The van der Waals surface area contributed by atoms with E-state index in [9.17, 15) is 0 Å². The van der Waals surface area contributed by atoms with Crippen LogP contribution in [0.4, 0.5) is 0 Å². The standard InChI is InChI=1S/C10H21NO/c1-9(11)5-7-12-8-6-10-3-2-4-10/h9-10H,2-8,11H2,1H3. The lowest BCUT2D eigenvalue weighted by Crippen LogP contribution is -2.18. The molecule has 0 saturated heterocycles. The third-order valence-corrected chi connectivity index (χ3v) is 2.61. The van der Waals surface area contributed by atoms with Gasteiger partial charge in [0.15, 0.2) is 0 Å². The van der Waals surface area contributed by atoms with E-state index in [2.05, 4.69) is 0 Å². The number of hydrogen-bond acceptors (Lipinski definition) is 2. The van der Waals surface area contributed by atoms with E-state index in [1.807, 2.05) is 6.92 Å². The Bertz CT molecular complexity index is 110. The molecule has 72 valence electrons. The number of ether oxygens (including phenoxy) is 1. The Morgan fingerprint density at radius 3 is 2.67 bits per heavy atom. The highest BCUT2D eigenvalue weighted by Gasteiger charge is 2.16. The van der Waals surface area contributed by atoms with E-state index in [-0.39, 0.29) is 6.04 Å². The Balaban J connectivity index is 1.76.